The standard InChI is InChI=1S/C13H11BrClN3O/c14-10-6-5-8(7-11(10)15)17-13(19)9-3-1-2-4-12(9)18-16/h1-7,18H,16H2,(H,17,19). The molecule has 6 heteroatoms. The Morgan fingerprint density at radius 2 is 1.95 bits per heavy atom. The first-order valence-corrected chi connectivity index (χ1v) is 6.61. The van der Waals surface area contributed by atoms with Gasteiger partial charge in [0.25, 0.3) is 5.91 Å². The molecule has 0 radical (unpaired) electrons. The first-order chi connectivity index (χ1) is 9.11. The van der Waals surface area contributed by atoms with Crippen molar-refractivity contribution < 1.29 is 4.79 Å². The van der Waals surface area contributed by atoms with Crippen molar-refractivity contribution >= 4 is 44.8 Å². The maximum atomic E-state index is 12.1. The second-order valence-corrected chi connectivity index (χ2v) is 5.03. The molecule has 0 heterocycles. The number of carbonyl (C=O) groups is 1. The van der Waals surface area contributed by atoms with E-state index in [0.717, 1.165) is 4.47 Å². The van der Waals surface area contributed by atoms with Gasteiger partial charge in [-0.2, -0.15) is 0 Å². The number of nitrogens with two attached hydrogens (primary N) is 1. The van der Waals surface area contributed by atoms with Crippen LogP contribution in [0, 0.1) is 0 Å². The maximum Gasteiger partial charge on any atom is 0.257 e. The predicted molar refractivity (Wildman–Crippen MR) is 81.4 cm³/mol. The second kappa shape index (κ2) is 6.06. The van der Waals surface area contributed by atoms with Crippen LogP contribution >= 0.6 is 27.5 Å². The summed E-state index contributed by atoms with van der Waals surface area (Å²) in [5.74, 6) is 5.11. The topological polar surface area (TPSA) is 67.1 Å². The Morgan fingerprint density at radius 1 is 1.21 bits per heavy atom. The van der Waals surface area contributed by atoms with Gasteiger partial charge in [0.15, 0.2) is 0 Å². The molecule has 0 bridgehead atoms. The molecule has 0 unspecified atom stereocenters. The van der Waals surface area contributed by atoms with Crippen LogP contribution in [0.15, 0.2) is 46.9 Å². The number of nitrogens with one attached hydrogen (secondary N) is 2. The van der Waals surface area contributed by atoms with Gasteiger partial charge in [-0.15, -0.1) is 0 Å². The van der Waals surface area contributed by atoms with Gasteiger partial charge in [-0.05, 0) is 46.3 Å². The second-order valence-electron chi connectivity index (χ2n) is 3.77. The van der Waals surface area contributed by atoms with Gasteiger partial charge in [-0.3, -0.25) is 10.6 Å². The summed E-state index contributed by atoms with van der Waals surface area (Å²) >= 11 is 9.26. The van der Waals surface area contributed by atoms with Gasteiger partial charge in [0.2, 0.25) is 0 Å². The van der Waals surface area contributed by atoms with Gasteiger partial charge < -0.3 is 10.7 Å². The molecule has 0 saturated carbocycles. The fourth-order valence-electron chi connectivity index (χ4n) is 1.58. The van der Waals surface area contributed by atoms with Gasteiger partial charge in [-0.25, -0.2) is 0 Å². The van der Waals surface area contributed by atoms with Crippen molar-refractivity contribution in [2.24, 2.45) is 5.84 Å². The van der Waals surface area contributed by atoms with Crippen molar-refractivity contribution in [2.45, 2.75) is 0 Å². The summed E-state index contributed by atoms with van der Waals surface area (Å²) in [5, 5.41) is 3.29. The summed E-state index contributed by atoms with van der Waals surface area (Å²) in [6.07, 6.45) is 0. The Morgan fingerprint density at radius 3 is 2.63 bits per heavy atom. The lowest BCUT2D eigenvalue weighted by atomic mass is 10.1. The van der Waals surface area contributed by atoms with Crippen LogP contribution in [-0.4, -0.2) is 5.91 Å². The maximum absolute atomic E-state index is 12.1. The highest BCUT2D eigenvalue weighted by Gasteiger charge is 2.10. The number of nitrogen functional groups attached to an aromatic ring is 1. The molecular formula is C13H11BrClN3O. The van der Waals surface area contributed by atoms with Crippen molar-refractivity contribution in [3.8, 4) is 0 Å². The number of carbonyl (C=O) groups excluding carboxylic acids is 1. The number of para-hydroxylation sites is 1. The Bertz CT molecular complexity index is 619. The molecule has 0 fully saturated rings. The van der Waals surface area contributed by atoms with Gasteiger partial charge in [0, 0.05) is 10.2 Å². The number of halogens is 2. The number of benzene rings is 2. The third kappa shape index (κ3) is 3.26. The molecule has 0 aliphatic rings. The molecule has 0 aliphatic carbocycles. The quantitative estimate of drug-likeness (QED) is 0.590. The molecule has 98 valence electrons. The zero-order valence-electron chi connectivity index (χ0n) is 9.78. The van der Waals surface area contributed by atoms with Crippen molar-refractivity contribution in [1.82, 2.24) is 0 Å². The summed E-state index contributed by atoms with van der Waals surface area (Å²) in [5.41, 5.74) is 4.12. The van der Waals surface area contributed by atoms with E-state index in [1.807, 2.05) is 0 Å². The first-order valence-electron chi connectivity index (χ1n) is 5.44. The fraction of sp³-hybridized carbons (Fsp3) is 0. The Hall–Kier alpha value is -1.56. The van der Waals surface area contributed by atoms with E-state index >= 15 is 0 Å². The van der Waals surface area contributed by atoms with Gasteiger partial charge in [0.05, 0.1) is 16.3 Å². The number of rotatable bonds is 3. The fourth-order valence-corrected chi connectivity index (χ4v) is 2.01. The summed E-state index contributed by atoms with van der Waals surface area (Å²) < 4.78 is 0.774. The molecule has 4 nitrogen and oxygen atoms in total. The molecule has 0 spiro atoms. The number of anilines is 2. The molecule has 0 aromatic heterocycles. The largest absolute Gasteiger partial charge is 0.323 e. The monoisotopic (exact) mass is 339 g/mol. The zero-order chi connectivity index (χ0) is 13.8. The molecule has 0 saturated heterocycles. The predicted octanol–water partition coefficient (Wildman–Crippen LogP) is 3.64. The smallest absolute Gasteiger partial charge is 0.257 e. The molecule has 2 aromatic carbocycles. The lowest BCUT2D eigenvalue weighted by molar-refractivity contribution is 0.102. The number of hydrazine groups is 1. The van der Waals surface area contributed by atoms with E-state index in [-0.39, 0.29) is 5.91 Å². The van der Waals surface area contributed by atoms with E-state index in [4.69, 9.17) is 17.4 Å². The summed E-state index contributed by atoms with van der Waals surface area (Å²) in [6, 6.07) is 12.2. The van der Waals surface area contributed by atoms with Crippen LogP contribution in [0.25, 0.3) is 0 Å². The van der Waals surface area contributed by atoms with E-state index < -0.39 is 0 Å². The van der Waals surface area contributed by atoms with Gasteiger partial charge >= 0.3 is 0 Å². The molecule has 2 aromatic rings. The molecular weight excluding hydrogens is 330 g/mol. The summed E-state index contributed by atoms with van der Waals surface area (Å²) in [6.45, 7) is 0. The van der Waals surface area contributed by atoms with E-state index in [0.29, 0.717) is 22.0 Å². The van der Waals surface area contributed by atoms with Crippen LogP contribution in [0.2, 0.25) is 5.02 Å². The van der Waals surface area contributed by atoms with Crippen LogP contribution in [0.5, 0.6) is 0 Å². The van der Waals surface area contributed by atoms with Crippen LogP contribution in [-0.2, 0) is 0 Å². The highest BCUT2D eigenvalue weighted by atomic mass is 79.9. The average molecular weight is 341 g/mol. The van der Waals surface area contributed by atoms with Crippen molar-refractivity contribution in [3.63, 3.8) is 0 Å². The van der Waals surface area contributed by atoms with Gasteiger partial charge in [0.1, 0.15) is 0 Å². The molecule has 4 N–H and O–H groups in total. The lowest BCUT2D eigenvalue weighted by Gasteiger charge is -2.10. The van der Waals surface area contributed by atoms with E-state index in [1.165, 1.54) is 0 Å². The van der Waals surface area contributed by atoms with Crippen LogP contribution in [0.1, 0.15) is 10.4 Å². The molecule has 2 rings (SSSR count). The zero-order valence-corrected chi connectivity index (χ0v) is 12.1. The molecule has 0 aliphatic heterocycles. The number of hydrogen-bond acceptors (Lipinski definition) is 3. The molecule has 19 heavy (non-hydrogen) atoms. The molecule has 0 atom stereocenters. The minimum atomic E-state index is -0.257. The SMILES string of the molecule is NNc1ccccc1C(=O)Nc1ccc(Br)c(Cl)c1. The van der Waals surface area contributed by atoms with E-state index in [9.17, 15) is 4.79 Å². The third-order valence-electron chi connectivity index (χ3n) is 2.50. The first kappa shape index (κ1) is 13.9. The Labute approximate surface area is 124 Å². The highest BCUT2D eigenvalue weighted by molar-refractivity contribution is 9.10. The van der Waals surface area contributed by atoms with E-state index in [1.54, 1.807) is 42.5 Å². The summed E-state index contributed by atoms with van der Waals surface area (Å²) in [4.78, 5) is 12.1. The minimum absolute atomic E-state index is 0.257. The number of hydrogen-bond donors (Lipinski definition) is 3. The summed E-state index contributed by atoms with van der Waals surface area (Å²) in [7, 11) is 0. The Balaban J connectivity index is 2.23. The van der Waals surface area contributed by atoms with Crippen LogP contribution < -0.4 is 16.6 Å². The van der Waals surface area contributed by atoms with Crippen LogP contribution in [0.3, 0.4) is 0 Å². The van der Waals surface area contributed by atoms with Crippen molar-refractivity contribution in [3.05, 3.63) is 57.5 Å². The molecule has 1 amide bonds. The van der Waals surface area contributed by atoms with Crippen molar-refractivity contribution in [1.29, 1.82) is 0 Å². The van der Waals surface area contributed by atoms with Gasteiger partial charge in [-0.1, -0.05) is 23.7 Å². The number of amides is 1. The van der Waals surface area contributed by atoms with Crippen molar-refractivity contribution in [2.75, 3.05) is 10.7 Å². The normalized spacial score (nSPS) is 10.1. The Kier molecular flexibility index (Phi) is 4.42. The average Bonchev–Trinajstić information content (AvgIpc) is 2.43. The lowest BCUT2D eigenvalue weighted by Crippen LogP contribution is -2.17. The van der Waals surface area contributed by atoms with Crippen LogP contribution in [0.4, 0.5) is 11.4 Å². The van der Waals surface area contributed by atoms with E-state index in [2.05, 4.69) is 26.7 Å². The minimum Gasteiger partial charge on any atom is -0.323 e. The highest BCUT2D eigenvalue weighted by Crippen LogP contribution is 2.26. The third-order valence-corrected chi connectivity index (χ3v) is 3.74.